The minimum absolute atomic E-state index is 0.215. The third kappa shape index (κ3) is 5.09. The highest BCUT2D eigenvalue weighted by Gasteiger charge is 2.09. The second-order valence-electron chi connectivity index (χ2n) is 4.34. The Morgan fingerprint density at radius 3 is 2.71 bits per heavy atom. The highest BCUT2D eigenvalue weighted by molar-refractivity contribution is 6.32. The molecular weight excluding hydrogens is 238 g/mol. The molecule has 0 heterocycles. The molecule has 0 aliphatic heterocycles. The number of carbonyl (C=O) groups excluding carboxylic acids is 1. The number of nitrogens with one attached hydrogen (secondary N) is 1. The Bertz CT molecular complexity index is 377. The Labute approximate surface area is 107 Å². The summed E-state index contributed by atoms with van der Waals surface area (Å²) in [6.07, 6.45) is 0. The van der Waals surface area contributed by atoms with Gasteiger partial charge in [-0.15, -0.1) is 11.6 Å². The average Bonchev–Trinajstić information content (AvgIpc) is 2.26. The topological polar surface area (TPSA) is 38.3 Å². The molecule has 1 amide bonds. The van der Waals surface area contributed by atoms with E-state index in [1.165, 1.54) is 0 Å². The van der Waals surface area contributed by atoms with Gasteiger partial charge in [0.15, 0.2) is 0 Å². The van der Waals surface area contributed by atoms with Crippen molar-refractivity contribution in [3.8, 4) is 5.75 Å². The monoisotopic (exact) mass is 255 g/mol. The Kier molecular flexibility index (Phi) is 5.29. The number of amides is 1. The summed E-state index contributed by atoms with van der Waals surface area (Å²) in [6.45, 7) is 6.46. The number of carbonyl (C=O) groups is 1. The standard InChI is InChI=1S/C13H18ClNO2/c1-9(2)8-17-12-6-4-5-11(7-12)15-13(16)10(3)14/h4-7,9-10H,8H2,1-3H3,(H,15,16). The van der Waals surface area contributed by atoms with Crippen molar-refractivity contribution in [3.63, 3.8) is 0 Å². The summed E-state index contributed by atoms with van der Waals surface area (Å²) in [6, 6.07) is 7.30. The lowest BCUT2D eigenvalue weighted by molar-refractivity contribution is -0.115. The molecule has 1 aromatic carbocycles. The highest BCUT2D eigenvalue weighted by atomic mass is 35.5. The fourth-order valence-electron chi connectivity index (χ4n) is 1.17. The molecule has 1 unspecified atom stereocenters. The lowest BCUT2D eigenvalue weighted by Crippen LogP contribution is -2.20. The van der Waals surface area contributed by atoms with E-state index in [4.69, 9.17) is 16.3 Å². The molecule has 0 spiro atoms. The molecule has 0 aliphatic rings. The Morgan fingerprint density at radius 1 is 1.41 bits per heavy atom. The van der Waals surface area contributed by atoms with Crippen LogP contribution in [0.1, 0.15) is 20.8 Å². The van der Waals surface area contributed by atoms with Crippen molar-refractivity contribution in [2.45, 2.75) is 26.1 Å². The van der Waals surface area contributed by atoms with Gasteiger partial charge in [0.1, 0.15) is 11.1 Å². The van der Waals surface area contributed by atoms with Gasteiger partial charge in [-0.2, -0.15) is 0 Å². The van der Waals surface area contributed by atoms with Crippen LogP contribution in [0, 0.1) is 5.92 Å². The van der Waals surface area contributed by atoms with Crippen molar-refractivity contribution < 1.29 is 9.53 Å². The first-order valence-corrected chi connectivity index (χ1v) is 6.10. The minimum atomic E-state index is -0.546. The quantitative estimate of drug-likeness (QED) is 0.820. The van der Waals surface area contributed by atoms with Crippen LogP contribution in [0.15, 0.2) is 24.3 Å². The summed E-state index contributed by atoms with van der Waals surface area (Å²) in [5, 5.41) is 2.17. The number of rotatable bonds is 5. The zero-order valence-corrected chi connectivity index (χ0v) is 11.1. The van der Waals surface area contributed by atoms with E-state index in [0.717, 1.165) is 5.75 Å². The molecule has 4 heteroatoms. The average molecular weight is 256 g/mol. The van der Waals surface area contributed by atoms with Gasteiger partial charge in [0.2, 0.25) is 5.91 Å². The van der Waals surface area contributed by atoms with Gasteiger partial charge in [0.05, 0.1) is 6.61 Å². The van der Waals surface area contributed by atoms with Crippen molar-refractivity contribution in [2.24, 2.45) is 5.92 Å². The van der Waals surface area contributed by atoms with Gasteiger partial charge in [-0.1, -0.05) is 19.9 Å². The molecule has 0 aromatic heterocycles. The SMILES string of the molecule is CC(C)COc1cccc(NC(=O)C(C)Cl)c1. The van der Waals surface area contributed by atoms with Crippen molar-refractivity contribution in [2.75, 3.05) is 11.9 Å². The summed E-state index contributed by atoms with van der Waals surface area (Å²) in [5.41, 5.74) is 0.698. The van der Waals surface area contributed by atoms with Crippen molar-refractivity contribution in [1.29, 1.82) is 0 Å². The maximum Gasteiger partial charge on any atom is 0.242 e. The number of hydrogen-bond acceptors (Lipinski definition) is 2. The van der Waals surface area contributed by atoms with E-state index in [9.17, 15) is 4.79 Å². The van der Waals surface area contributed by atoms with E-state index < -0.39 is 5.38 Å². The van der Waals surface area contributed by atoms with Crippen molar-refractivity contribution in [1.82, 2.24) is 0 Å². The third-order valence-electron chi connectivity index (χ3n) is 2.05. The summed E-state index contributed by atoms with van der Waals surface area (Å²) in [7, 11) is 0. The summed E-state index contributed by atoms with van der Waals surface area (Å²) < 4.78 is 5.57. The van der Waals surface area contributed by atoms with Crippen LogP contribution in [0.25, 0.3) is 0 Å². The largest absolute Gasteiger partial charge is 0.493 e. The van der Waals surface area contributed by atoms with Crippen LogP contribution < -0.4 is 10.1 Å². The zero-order chi connectivity index (χ0) is 12.8. The number of benzene rings is 1. The molecule has 0 bridgehead atoms. The normalized spacial score (nSPS) is 12.3. The molecule has 0 aliphatic carbocycles. The van der Waals surface area contributed by atoms with Crippen molar-refractivity contribution in [3.05, 3.63) is 24.3 Å². The van der Waals surface area contributed by atoms with Crippen molar-refractivity contribution >= 4 is 23.2 Å². The lowest BCUT2D eigenvalue weighted by atomic mass is 10.2. The molecule has 1 N–H and O–H groups in total. The van der Waals surface area contributed by atoms with Gasteiger partial charge in [-0.25, -0.2) is 0 Å². The number of ether oxygens (including phenoxy) is 1. The fraction of sp³-hybridized carbons (Fsp3) is 0.462. The van der Waals surface area contributed by atoms with Crippen LogP contribution in [0.3, 0.4) is 0 Å². The molecule has 0 radical (unpaired) electrons. The number of anilines is 1. The predicted octanol–water partition coefficient (Wildman–Crippen LogP) is 3.29. The van der Waals surface area contributed by atoms with Crippen LogP contribution in [-0.2, 0) is 4.79 Å². The first kappa shape index (κ1) is 13.8. The molecule has 1 aromatic rings. The molecule has 17 heavy (non-hydrogen) atoms. The first-order chi connectivity index (χ1) is 7.99. The van der Waals surface area contributed by atoms with E-state index in [2.05, 4.69) is 19.2 Å². The molecule has 3 nitrogen and oxygen atoms in total. The van der Waals surface area contributed by atoms with Crippen LogP contribution in [0.2, 0.25) is 0 Å². The van der Waals surface area contributed by atoms with E-state index in [-0.39, 0.29) is 5.91 Å². The molecule has 94 valence electrons. The van der Waals surface area contributed by atoms with E-state index in [1.54, 1.807) is 19.1 Å². The third-order valence-corrected chi connectivity index (χ3v) is 2.24. The lowest BCUT2D eigenvalue weighted by Gasteiger charge is -2.11. The second-order valence-corrected chi connectivity index (χ2v) is 4.99. The fourth-order valence-corrected chi connectivity index (χ4v) is 1.22. The Balaban J connectivity index is 2.62. The van der Waals surface area contributed by atoms with Crippen LogP contribution in [-0.4, -0.2) is 17.9 Å². The highest BCUT2D eigenvalue weighted by Crippen LogP contribution is 2.18. The van der Waals surface area contributed by atoms with Gasteiger partial charge in [0.25, 0.3) is 0 Å². The van der Waals surface area contributed by atoms with Gasteiger partial charge >= 0.3 is 0 Å². The van der Waals surface area contributed by atoms with Gasteiger partial charge in [0, 0.05) is 11.8 Å². The maximum absolute atomic E-state index is 11.4. The summed E-state index contributed by atoms with van der Waals surface area (Å²) in [4.78, 5) is 11.4. The number of halogens is 1. The predicted molar refractivity (Wildman–Crippen MR) is 70.7 cm³/mol. The Hall–Kier alpha value is -1.22. The second kappa shape index (κ2) is 6.50. The first-order valence-electron chi connectivity index (χ1n) is 5.67. The van der Waals surface area contributed by atoms with Gasteiger partial charge < -0.3 is 10.1 Å². The summed E-state index contributed by atoms with van der Waals surface area (Å²) in [5.74, 6) is 1.00. The van der Waals surface area contributed by atoms with Crippen LogP contribution in [0.4, 0.5) is 5.69 Å². The van der Waals surface area contributed by atoms with E-state index in [1.807, 2.05) is 12.1 Å². The van der Waals surface area contributed by atoms with Crippen LogP contribution >= 0.6 is 11.6 Å². The molecule has 0 fully saturated rings. The number of alkyl halides is 1. The summed E-state index contributed by atoms with van der Waals surface area (Å²) >= 11 is 5.68. The molecular formula is C13H18ClNO2. The molecule has 0 saturated heterocycles. The Morgan fingerprint density at radius 2 is 2.12 bits per heavy atom. The maximum atomic E-state index is 11.4. The smallest absolute Gasteiger partial charge is 0.242 e. The number of hydrogen-bond donors (Lipinski definition) is 1. The molecule has 0 saturated carbocycles. The van der Waals surface area contributed by atoms with Gasteiger partial charge in [-0.05, 0) is 25.0 Å². The van der Waals surface area contributed by atoms with Gasteiger partial charge in [-0.3, -0.25) is 4.79 Å². The molecule has 1 atom stereocenters. The van der Waals surface area contributed by atoms with E-state index in [0.29, 0.717) is 18.2 Å². The minimum Gasteiger partial charge on any atom is -0.493 e. The molecule has 1 rings (SSSR count). The van der Waals surface area contributed by atoms with E-state index >= 15 is 0 Å². The zero-order valence-electron chi connectivity index (χ0n) is 10.4. The van der Waals surface area contributed by atoms with Crippen LogP contribution in [0.5, 0.6) is 5.75 Å².